The van der Waals surface area contributed by atoms with Crippen molar-refractivity contribution in [3.05, 3.63) is 71.0 Å². The molecule has 0 radical (unpaired) electrons. The van der Waals surface area contributed by atoms with Crippen LogP contribution in [0.1, 0.15) is 141 Å². The number of allylic oxidation sites excluding steroid dienone is 4. The van der Waals surface area contributed by atoms with E-state index >= 15 is 0 Å². The Morgan fingerprint density at radius 2 is 1.34 bits per heavy atom. The van der Waals surface area contributed by atoms with E-state index in [0.29, 0.717) is 50.5 Å². The molecule has 4 aliphatic rings. The number of benzene rings is 1. The van der Waals surface area contributed by atoms with Crippen molar-refractivity contribution >= 4 is 64.8 Å². The Bertz CT molecular complexity index is 2670. The summed E-state index contributed by atoms with van der Waals surface area (Å²) in [5.41, 5.74) is 33.3. The maximum absolute atomic E-state index is 14.9. The summed E-state index contributed by atoms with van der Waals surface area (Å²) >= 11 is 0. The van der Waals surface area contributed by atoms with Crippen molar-refractivity contribution in [2.75, 3.05) is 32.7 Å². The molecule has 1 aromatic rings. The van der Waals surface area contributed by atoms with Crippen molar-refractivity contribution in [3.63, 3.8) is 0 Å². The Morgan fingerprint density at radius 1 is 0.724 bits per heavy atom. The molecular formula is C61H96N16O10. The van der Waals surface area contributed by atoms with Gasteiger partial charge in [0.25, 0.3) is 0 Å². The minimum absolute atomic E-state index is 0.0339. The van der Waals surface area contributed by atoms with Gasteiger partial charge in [0.1, 0.15) is 48.3 Å². The van der Waals surface area contributed by atoms with E-state index in [0.717, 1.165) is 48.1 Å². The Labute approximate surface area is 510 Å². The van der Waals surface area contributed by atoms with Gasteiger partial charge in [0.2, 0.25) is 53.2 Å². The predicted molar refractivity (Wildman–Crippen MR) is 331 cm³/mol. The Balaban J connectivity index is 1.56. The molecule has 26 nitrogen and oxygen atoms in total. The lowest BCUT2D eigenvalue weighted by atomic mass is 9.93. The standard InChI is InChI=1S/C61H96N16O10/c1-4-5-6-7-8-18-41(78)33-51(79)70-50(34-64)59(86)74-47-24-28-67-53(80)49(32-40-35-69-43-20-12-11-19-42(40)43)75-55(82)45(22-15-27-68-61(65)66)71-54(81)44(21-13-14-25-62)72-58(85)48(29-36(2)3)76-60(87)52(39-30-37-16-9-10-17-38(37)31-39)77-57(84)46(23-26-63)73-56(47)83/h9-12,16-17,19,35-36,39,41,44-50,52,78H,4-8,13-15,18,20-34,62-64H2,1-3H3,(H,67,80)(H,70,79)(H,71,81)(H,72,85)(H,73,83)(H,74,86)(H,75,82)(H,76,87)(H,77,84)(H4,65,66,68)/t41-,44+,45+,46+,47+,48+,49+,50-,52-/m1/s1. The normalized spacial score (nSPS) is 23.4. The van der Waals surface area contributed by atoms with E-state index in [1.807, 2.05) is 56.3 Å². The quantitative estimate of drug-likeness (QED) is 0.0287. The molecule has 480 valence electrons. The van der Waals surface area contributed by atoms with Crippen LogP contribution >= 0.6 is 0 Å². The third-order valence-electron chi connectivity index (χ3n) is 15.8. The van der Waals surface area contributed by atoms with Crippen LogP contribution in [-0.2, 0) is 56.0 Å². The zero-order chi connectivity index (χ0) is 63.4. The molecule has 1 aromatic carbocycles. The van der Waals surface area contributed by atoms with E-state index in [1.165, 1.54) is 0 Å². The van der Waals surface area contributed by atoms with Crippen LogP contribution < -0.4 is 76.5 Å². The first kappa shape index (κ1) is 70.2. The fourth-order valence-corrected chi connectivity index (χ4v) is 11.1. The summed E-state index contributed by atoms with van der Waals surface area (Å²) in [5.74, 6) is -7.82. The first-order valence-corrected chi connectivity index (χ1v) is 31.0. The van der Waals surface area contributed by atoms with Crippen molar-refractivity contribution in [1.29, 1.82) is 0 Å². The fourth-order valence-electron chi connectivity index (χ4n) is 11.1. The predicted octanol–water partition coefficient (Wildman–Crippen LogP) is -0.938. The number of aliphatic imine (C=N–C) groups is 2. The van der Waals surface area contributed by atoms with E-state index < -0.39 is 120 Å². The molecule has 0 spiro atoms. The Kier molecular flexibility index (Phi) is 29.5. The van der Waals surface area contributed by atoms with Crippen molar-refractivity contribution in [3.8, 4) is 0 Å². The minimum atomic E-state index is -1.53. The van der Waals surface area contributed by atoms with Crippen molar-refractivity contribution in [1.82, 2.24) is 47.9 Å². The second-order valence-corrected chi connectivity index (χ2v) is 23.4. The highest BCUT2D eigenvalue weighted by Crippen LogP contribution is 2.30. The largest absolute Gasteiger partial charge is 0.393 e. The van der Waals surface area contributed by atoms with Crippen LogP contribution in [0.15, 0.2) is 69.8 Å². The third kappa shape index (κ3) is 22.9. The average molecular weight is 1210 g/mol. The molecule has 9 atom stereocenters. The molecule has 9 amide bonds. The van der Waals surface area contributed by atoms with Gasteiger partial charge in [-0.1, -0.05) is 95.4 Å². The molecule has 1 fully saturated rings. The van der Waals surface area contributed by atoms with Crippen LogP contribution in [0.5, 0.6) is 0 Å². The van der Waals surface area contributed by atoms with Gasteiger partial charge in [-0.15, -0.1) is 0 Å². The Morgan fingerprint density at radius 3 is 1.99 bits per heavy atom. The van der Waals surface area contributed by atoms with Gasteiger partial charge >= 0.3 is 0 Å². The lowest BCUT2D eigenvalue weighted by Gasteiger charge is -2.30. The van der Waals surface area contributed by atoms with Gasteiger partial charge in [0, 0.05) is 44.2 Å². The number of nitrogens with zero attached hydrogens (tertiary/aromatic N) is 2. The van der Waals surface area contributed by atoms with Crippen LogP contribution in [0.2, 0.25) is 0 Å². The summed E-state index contributed by atoms with van der Waals surface area (Å²) in [5, 5.41) is 35.6. The van der Waals surface area contributed by atoms with Crippen LogP contribution in [-0.4, -0.2) is 157 Å². The van der Waals surface area contributed by atoms with Crippen LogP contribution in [0.25, 0.3) is 0 Å². The van der Waals surface area contributed by atoms with Crippen LogP contribution in [0.4, 0.5) is 0 Å². The number of carbonyl (C=O) groups excluding carboxylic acids is 9. The van der Waals surface area contributed by atoms with E-state index in [4.69, 9.17) is 28.7 Å². The van der Waals surface area contributed by atoms with Crippen LogP contribution in [0.3, 0.4) is 0 Å². The topological polar surface area (TPSA) is 437 Å². The van der Waals surface area contributed by atoms with Gasteiger partial charge in [-0.3, -0.25) is 53.1 Å². The van der Waals surface area contributed by atoms with Gasteiger partial charge in [0.05, 0.1) is 18.2 Å². The first-order chi connectivity index (χ1) is 41.7. The first-order valence-electron chi connectivity index (χ1n) is 31.0. The molecule has 0 bridgehead atoms. The van der Waals surface area contributed by atoms with Gasteiger partial charge < -0.3 is 81.6 Å². The number of rotatable bonds is 27. The van der Waals surface area contributed by atoms with Gasteiger partial charge in [0.15, 0.2) is 5.96 Å². The summed E-state index contributed by atoms with van der Waals surface area (Å²) < 4.78 is 0. The smallest absolute Gasteiger partial charge is 0.244 e. The molecule has 1 saturated heterocycles. The summed E-state index contributed by atoms with van der Waals surface area (Å²) in [6.07, 6.45) is 12.9. The molecule has 2 aliphatic heterocycles. The fraction of sp³-hybridized carbons (Fsp3) is 0.623. The van der Waals surface area contributed by atoms with Gasteiger partial charge in [-0.2, -0.15) is 0 Å². The highest BCUT2D eigenvalue weighted by Gasteiger charge is 2.40. The number of guanidine groups is 1. The van der Waals surface area contributed by atoms with E-state index in [1.54, 1.807) is 6.20 Å². The molecule has 87 heavy (non-hydrogen) atoms. The van der Waals surface area contributed by atoms with E-state index in [2.05, 4.69) is 64.8 Å². The molecule has 2 aliphatic carbocycles. The second-order valence-electron chi connectivity index (χ2n) is 23.4. The van der Waals surface area contributed by atoms with E-state index in [-0.39, 0.29) is 89.4 Å². The molecule has 5 rings (SSSR count). The monoisotopic (exact) mass is 1210 g/mol. The number of unbranched alkanes of at least 4 members (excludes halogenated alkanes) is 5. The maximum atomic E-state index is 14.9. The molecular weight excluding hydrogens is 1120 g/mol. The van der Waals surface area contributed by atoms with Crippen molar-refractivity contribution in [2.24, 2.45) is 50.5 Å². The number of nitrogens with one attached hydrogen (secondary N) is 9. The average Bonchev–Trinajstić information content (AvgIpc) is 2.32. The minimum Gasteiger partial charge on any atom is -0.393 e. The number of aliphatic hydroxyl groups is 1. The lowest BCUT2D eigenvalue weighted by molar-refractivity contribution is -0.136. The number of carbonyl (C=O) groups is 9. The second kappa shape index (κ2) is 36.6. The van der Waals surface area contributed by atoms with Crippen molar-refractivity contribution < 1.29 is 48.3 Å². The maximum Gasteiger partial charge on any atom is 0.244 e. The summed E-state index contributed by atoms with van der Waals surface area (Å²) in [4.78, 5) is 139. The Hall–Kier alpha value is -7.55. The van der Waals surface area contributed by atoms with Gasteiger partial charge in [-0.25, -0.2) is 0 Å². The molecule has 0 aromatic heterocycles. The summed E-state index contributed by atoms with van der Waals surface area (Å²) in [7, 11) is 0. The molecule has 0 saturated carbocycles. The highest BCUT2D eigenvalue weighted by atomic mass is 16.3. The van der Waals surface area contributed by atoms with E-state index in [9.17, 15) is 48.3 Å². The molecule has 20 N–H and O–H groups in total. The summed E-state index contributed by atoms with van der Waals surface area (Å²) in [6, 6.07) is -3.19. The number of aliphatic hydroxyl groups excluding tert-OH is 1. The molecule has 0 unspecified atom stereocenters. The molecule has 26 heteroatoms. The third-order valence-corrected chi connectivity index (χ3v) is 15.8. The van der Waals surface area contributed by atoms with Crippen molar-refractivity contribution in [2.45, 2.75) is 197 Å². The lowest BCUT2D eigenvalue weighted by Crippen LogP contribution is -2.62. The van der Waals surface area contributed by atoms with Gasteiger partial charge in [-0.05, 0) is 112 Å². The number of nitrogens with two attached hydrogens (primary N) is 5. The SMILES string of the molecule is CCCCCCC[C@@H](O)CC(=O)N[C@H](CN)C(=O)N[C@H]1CCNC(=O)[C@H](CC2=CN=C3CC=CC=C23)NC(=O)[C@H](CCCN=C(N)N)NC(=O)[C@H](CCCCN)NC(=O)[C@H](CC(C)C)NC(=O)[C@@H](C2Cc3ccccc3C2)NC(=O)[C@H](CCN)NC1=O. The number of fused-ring (bicyclic) bond motifs is 2. The molecule has 2 heterocycles. The van der Waals surface area contributed by atoms with Crippen LogP contribution in [0, 0.1) is 11.8 Å². The number of hydrogen-bond donors (Lipinski definition) is 15. The summed E-state index contributed by atoms with van der Waals surface area (Å²) in [6.45, 7) is 5.29. The number of amides is 9. The zero-order valence-electron chi connectivity index (χ0n) is 50.8. The number of hydrogen-bond acceptors (Lipinski definition) is 15. The highest BCUT2D eigenvalue weighted by molar-refractivity contribution is 6.08. The zero-order valence-corrected chi connectivity index (χ0v) is 50.8.